The average Bonchev–Trinajstić information content (AvgIpc) is 3.25. The molecule has 0 radical (unpaired) electrons. The number of halogens is 1. The van der Waals surface area contributed by atoms with E-state index in [1.165, 1.54) is 21.9 Å². The summed E-state index contributed by atoms with van der Waals surface area (Å²) >= 11 is 1.99. The molecule has 0 aliphatic carbocycles. The van der Waals surface area contributed by atoms with Crippen molar-refractivity contribution in [1.82, 2.24) is 4.57 Å². The number of benzene rings is 2. The molecule has 0 amide bonds. The first-order chi connectivity index (χ1) is 13.9. The van der Waals surface area contributed by atoms with Crippen LogP contribution in [0.4, 0.5) is 4.39 Å². The maximum Gasteiger partial charge on any atom is 0.201 e. The highest BCUT2D eigenvalue weighted by atomic mass is 32.2. The maximum absolute atomic E-state index is 15.7. The van der Waals surface area contributed by atoms with Crippen molar-refractivity contribution in [2.75, 3.05) is 7.05 Å². The van der Waals surface area contributed by atoms with Crippen molar-refractivity contribution >= 4 is 45.0 Å². The zero-order valence-electron chi connectivity index (χ0n) is 17.4. The Hall–Kier alpha value is -2.33. The molecule has 3 aromatic rings. The predicted molar refractivity (Wildman–Crippen MR) is 121 cm³/mol. The van der Waals surface area contributed by atoms with Gasteiger partial charge in [-0.2, -0.15) is 0 Å². The van der Waals surface area contributed by atoms with Gasteiger partial charge in [-0.25, -0.2) is 8.97 Å². The number of nitrogens with zero attached hydrogens (tertiary/aromatic N) is 2. The Labute approximate surface area is 174 Å². The zero-order valence-corrected chi connectivity index (χ0v) is 18.2. The van der Waals surface area contributed by atoms with E-state index in [1.807, 2.05) is 24.8 Å². The number of hydrogen-bond acceptors (Lipinski definition) is 1. The second kappa shape index (κ2) is 5.63. The van der Waals surface area contributed by atoms with E-state index in [1.54, 1.807) is 0 Å². The van der Waals surface area contributed by atoms with Gasteiger partial charge in [-0.1, -0.05) is 32.0 Å². The summed E-state index contributed by atoms with van der Waals surface area (Å²) in [7, 11) is 2.14. The van der Waals surface area contributed by atoms with Crippen molar-refractivity contribution in [3.63, 3.8) is 0 Å². The van der Waals surface area contributed by atoms with E-state index >= 15 is 4.39 Å². The molecule has 2 atom stereocenters. The van der Waals surface area contributed by atoms with Gasteiger partial charge in [-0.15, -0.1) is 11.8 Å². The second-order valence-corrected chi connectivity index (χ2v) is 10.0. The zero-order chi connectivity index (χ0) is 20.2. The summed E-state index contributed by atoms with van der Waals surface area (Å²) in [5.74, 6) is 0.676. The molecule has 3 aliphatic rings. The maximum atomic E-state index is 15.7. The van der Waals surface area contributed by atoms with Gasteiger partial charge in [0.1, 0.15) is 18.8 Å². The van der Waals surface area contributed by atoms with Crippen LogP contribution in [0, 0.1) is 31.5 Å². The molecule has 0 saturated carbocycles. The third-order valence-corrected chi connectivity index (χ3v) is 8.57. The Balaban J connectivity index is 1.96. The first-order valence-corrected chi connectivity index (χ1v) is 11.2. The van der Waals surface area contributed by atoms with Crippen LogP contribution in [0.15, 0.2) is 41.4 Å². The van der Waals surface area contributed by atoms with E-state index in [0.29, 0.717) is 17.1 Å². The van der Waals surface area contributed by atoms with Gasteiger partial charge in [-0.3, -0.25) is 0 Å². The van der Waals surface area contributed by atoms with E-state index in [2.05, 4.69) is 67.4 Å². The van der Waals surface area contributed by atoms with Gasteiger partial charge >= 0.3 is 0 Å². The van der Waals surface area contributed by atoms with E-state index < -0.39 is 0 Å². The Morgan fingerprint density at radius 2 is 1.90 bits per heavy atom. The lowest BCUT2D eigenvalue weighted by molar-refractivity contribution is -0.426. The van der Waals surface area contributed by atoms with Crippen LogP contribution in [0.1, 0.15) is 30.5 Å². The van der Waals surface area contributed by atoms with Gasteiger partial charge in [0, 0.05) is 21.4 Å². The molecule has 0 saturated heterocycles. The third-order valence-electron chi connectivity index (χ3n) is 6.93. The molecule has 4 heterocycles. The summed E-state index contributed by atoms with van der Waals surface area (Å²) in [5.41, 5.74) is 7.93. The smallest absolute Gasteiger partial charge is 0.201 e. The minimum Gasteiger partial charge on any atom is -0.310 e. The SMILES string of the molecule is Cc1c(C)c2c3c(c1F)c1ccccc1n3C1=C(C(C)C)SC3C=C[N+](C)=C2C13. The first kappa shape index (κ1) is 17.5. The first-order valence-electron chi connectivity index (χ1n) is 10.3. The van der Waals surface area contributed by atoms with Crippen LogP contribution in [0.2, 0.25) is 0 Å². The van der Waals surface area contributed by atoms with Crippen LogP contribution in [0.5, 0.6) is 0 Å². The van der Waals surface area contributed by atoms with Gasteiger partial charge in [0.2, 0.25) is 5.71 Å². The predicted octanol–water partition coefficient (Wildman–Crippen LogP) is 6.08. The molecule has 3 aliphatic heterocycles. The molecule has 2 aromatic carbocycles. The van der Waals surface area contributed by atoms with E-state index in [-0.39, 0.29) is 5.82 Å². The number of thioether (sulfide) groups is 1. The van der Waals surface area contributed by atoms with E-state index in [0.717, 1.165) is 32.9 Å². The van der Waals surface area contributed by atoms with Crippen LogP contribution in [0.25, 0.3) is 27.5 Å². The molecule has 2 nitrogen and oxygen atoms in total. The summed E-state index contributed by atoms with van der Waals surface area (Å²) in [6, 6.07) is 8.32. The van der Waals surface area contributed by atoms with Crippen LogP contribution in [0.3, 0.4) is 0 Å². The summed E-state index contributed by atoms with van der Waals surface area (Å²) in [6.45, 7) is 8.57. The van der Waals surface area contributed by atoms with Crippen molar-refractivity contribution in [2.24, 2.45) is 11.8 Å². The molecular formula is C25H24FN2S+. The van der Waals surface area contributed by atoms with E-state index in [4.69, 9.17) is 0 Å². The Morgan fingerprint density at radius 3 is 2.66 bits per heavy atom. The van der Waals surface area contributed by atoms with Gasteiger partial charge in [0.25, 0.3) is 0 Å². The summed E-state index contributed by atoms with van der Waals surface area (Å²) in [6.07, 6.45) is 4.54. The molecule has 1 aromatic heterocycles. The van der Waals surface area contributed by atoms with Crippen LogP contribution in [-0.4, -0.2) is 27.2 Å². The summed E-state index contributed by atoms with van der Waals surface area (Å²) in [5, 5.41) is 2.20. The van der Waals surface area contributed by atoms with Crippen molar-refractivity contribution in [3.05, 3.63) is 64.0 Å². The molecule has 0 spiro atoms. The highest BCUT2D eigenvalue weighted by molar-refractivity contribution is 8.04. The topological polar surface area (TPSA) is 7.94 Å². The highest BCUT2D eigenvalue weighted by Crippen LogP contribution is 2.56. The monoisotopic (exact) mass is 403 g/mol. The molecular weight excluding hydrogens is 379 g/mol. The second-order valence-electron chi connectivity index (χ2n) is 8.82. The molecule has 0 fully saturated rings. The standard InChI is InChI=1S/C25H24FN2S/c1-12(2)25-24-20-17(29-25)10-11-27(5)22(20)18-13(3)14(4)21(26)19-15-8-6-7-9-16(15)28(24)23(18)19/h6-12,17,20H,1-5H3/q+1. The van der Waals surface area contributed by atoms with Gasteiger partial charge in [0.15, 0.2) is 6.20 Å². The fourth-order valence-corrected chi connectivity index (χ4v) is 6.97. The minimum atomic E-state index is -0.0712. The third kappa shape index (κ3) is 1.96. The van der Waals surface area contributed by atoms with Gasteiger partial charge in [-0.05, 0) is 43.0 Å². The van der Waals surface area contributed by atoms with Crippen LogP contribution < -0.4 is 0 Å². The van der Waals surface area contributed by atoms with Crippen molar-refractivity contribution in [1.29, 1.82) is 0 Å². The Morgan fingerprint density at radius 1 is 1.14 bits per heavy atom. The molecule has 0 bridgehead atoms. The lowest BCUT2D eigenvalue weighted by Gasteiger charge is -2.30. The molecule has 146 valence electrons. The van der Waals surface area contributed by atoms with Crippen molar-refractivity contribution in [2.45, 2.75) is 32.9 Å². The van der Waals surface area contributed by atoms with Gasteiger partial charge < -0.3 is 4.57 Å². The Kier molecular flexibility index (Phi) is 3.40. The number of fused-ring (bicyclic) bond motifs is 5. The number of hydrogen-bond donors (Lipinski definition) is 0. The molecule has 0 N–H and O–H groups in total. The quantitative estimate of drug-likeness (QED) is 0.447. The number of allylic oxidation sites excluding steroid dienone is 2. The van der Waals surface area contributed by atoms with E-state index in [9.17, 15) is 0 Å². The molecule has 2 unspecified atom stereocenters. The molecule has 4 heteroatoms. The molecule has 6 rings (SSSR count). The number of para-hydroxylation sites is 1. The average molecular weight is 404 g/mol. The van der Waals surface area contributed by atoms with Gasteiger partial charge in [0.05, 0.1) is 21.8 Å². The largest absolute Gasteiger partial charge is 0.310 e. The van der Waals surface area contributed by atoms with Crippen molar-refractivity contribution < 1.29 is 8.97 Å². The minimum absolute atomic E-state index is 0.0712. The number of aromatic nitrogens is 1. The summed E-state index contributed by atoms with van der Waals surface area (Å²) < 4.78 is 20.4. The highest BCUT2D eigenvalue weighted by Gasteiger charge is 2.50. The van der Waals surface area contributed by atoms with Crippen LogP contribution >= 0.6 is 11.8 Å². The lowest BCUT2D eigenvalue weighted by Crippen LogP contribution is -2.37. The van der Waals surface area contributed by atoms with Crippen LogP contribution in [-0.2, 0) is 0 Å². The fraction of sp³-hybridized carbons (Fsp3) is 0.320. The normalized spacial score (nSPS) is 22.6. The lowest BCUT2D eigenvalue weighted by atomic mass is 9.81. The summed E-state index contributed by atoms with van der Waals surface area (Å²) in [4.78, 5) is 1.43. The fourth-order valence-electron chi connectivity index (χ4n) is 5.53. The molecule has 29 heavy (non-hydrogen) atoms. The Bertz CT molecular complexity index is 1350. The number of rotatable bonds is 1. The van der Waals surface area contributed by atoms with Crippen molar-refractivity contribution in [3.8, 4) is 0 Å².